The summed E-state index contributed by atoms with van der Waals surface area (Å²) in [4.78, 5) is 27.8. The molecule has 0 aliphatic carbocycles. The number of anilines is 1. The van der Waals surface area contributed by atoms with E-state index >= 15 is 0 Å². The van der Waals surface area contributed by atoms with E-state index in [0.717, 1.165) is 21.0 Å². The van der Waals surface area contributed by atoms with Crippen LogP contribution in [-0.4, -0.2) is 51.9 Å². The maximum Gasteiger partial charge on any atom is 0.264 e. The molecule has 9 heteroatoms. The summed E-state index contributed by atoms with van der Waals surface area (Å²) in [7, 11) is -1.21. The quantitative estimate of drug-likeness (QED) is 0.438. The van der Waals surface area contributed by atoms with Crippen molar-refractivity contribution < 1.29 is 22.7 Å². The third-order valence-electron chi connectivity index (χ3n) is 6.10. The number of hydrogen-bond donors (Lipinski definition) is 1. The van der Waals surface area contributed by atoms with Crippen LogP contribution < -0.4 is 14.4 Å². The molecule has 0 bridgehead atoms. The van der Waals surface area contributed by atoms with Crippen molar-refractivity contribution in [3.63, 3.8) is 0 Å². The van der Waals surface area contributed by atoms with Gasteiger partial charge >= 0.3 is 0 Å². The number of benzene rings is 3. The van der Waals surface area contributed by atoms with Crippen LogP contribution >= 0.6 is 0 Å². The van der Waals surface area contributed by atoms with E-state index in [-0.39, 0.29) is 23.0 Å². The Morgan fingerprint density at radius 3 is 2.16 bits per heavy atom. The highest BCUT2D eigenvalue weighted by Gasteiger charge is 2.33. The fourth-order valence-electron chi connectivity index (χ4n) is 3.91. The first-order valence-electron chi connectivity index (χ1n) is 11.9. The Labute approximate surface area is 218 Å². The average molecular weight is 524 g/mol. The molecule has 3 aromatic rings. The third kappa shape index (κ3) is 6.48. The molecule has 8 nitrogen and oxygen atoms in total. The summed E-state index contributed by atoms with van der Waals surface area (Å²) in [6.07, 6.45) is 0. The van der Waals surface area contributed by atoms with Crippen molar-refractivity contribution in [1.82, 2.24) is 10.2 Å². The van der Waals surface area contributed by atoms with Crippen molar-refractivity contribution in [2.75, 3.05) is 25.0 Å². The lowest BCUT2D eigenvalue weighted by atomic mass is 10.1. The number of sulfonamides is 1. The van der Waals surface area contributed by atoms with E-state index in [2.05, 4.69) is 5.32 Å². The first kappa shape index (κ1) is 27.7. The molecule has 0 aliphatic heterocycles. The first-order valence-corrected chi connectivity index (χ1v) is 13.3. The van der Waals surface area contributed by atoms with Crippen molar-refractivity contribution in [2.45, 2.75) is 38.3 Å². The lowest BCUT2D eigenvalue weighted by molar-refractivity contribution is -0.139. The zero-order valence-electron chi connectivity index (χ0n) is 21.8. The molecule has 0 radical (unpaired) electrons. The Hall–Kier alpha value is -3.85. The molecule has 1 N–H and O–H groups in total. The number of carbonyl (C=O) groups excluding carboxylic acids is 2. The van der Waals surface area contributed by atoms with Crippen LogP contribution in [0.2, 0.25) is 0 Å². The summed E-state index contributed by atoms with van der Waals surface area (Å²) in [5, 5.41) is 2.58. The highest BCUT2D eigenvalue weighted by atomic mass is 32.2. The number of rotatable bonds is 10. The molecule has 1 unspecified atom stereocenters. The number of nitrogens with one attached hydrogen (secondary N) is 1. The van der Waals surface area contributed by atoms with E-state index in [9.17, 15) is 18.0 Å². The predicted octanol–water partition coefficient (Wildman–Crippen LogP) is 3.67. The minimum atomic E-state index is -4.16. The van der Waals surface area contributed by atoms with Gasteiger partial charge in [-0.2, -0.15) is 0 Å². The van der Waals surface area contributed by atoms with Crippen LogP contribution in [0.5, 0.6) is 5.75 Å². The molecular formula is C28H33N3O5S. The molecule has 0 heterocycles. The Bertz CT molecular complexity index is 1340. The molecule has 1 atom stereocenters. The molecule has 0 aromatic heterocycles. The minimum Gasteiger partial charge on any atom is -0.495 e. The average Bonchev–Trinajstić information content (AvgIpc) is 2.90. The molecule has 37 heavy (non-hydrogen) atoms. The van der Waals surface area contributed by atoms with Crippen LogP contribution in [0, 0.1) is 13.8 Å². The maximum atomic E-state index is 13.8. The normalized spacial score (nSPS) is 11.9. The van der Waals surface area contributed by atoms with Gasteiger partial charge in [0.2, 0.25) is 11.8 Å². The topological polar surface area (TPSA) is 96.0 Å². The zero-order valence-corrected chi connectivity index (χ0v) is 22.6. The van der Waals surface area contributed by atoms with Crippen molar-refractivity contribution in [1.29, 1.82) is 0 Å². The number of likely N-dealkylation sites (N-methyl/N-ethyl adjacent to an activating group) is 1. The molecule has 2 amide bonds. The number of amides is 2. The van der Waals surface area contributed by atoms with Crippen LogP contribution in [0.1, 0.15) is 23.6 Å². The highest BCUT2D eigenvalue weighted by Crippen LogP contribution is 2.33. The van der Waals surface area contributed by atoms with E-state index in [4.69, 9.17) is 4.74 Å². The third-order valence-corrected chi connectivity index (χ3v) is 7.87. The number of nitrogens with zero attached hydrogens (tertiary/aromatic N) is 2. The summed E-state index contributed by atoms with van der Waals surface area (Å²) in [6.45, 7) is 5.02. The summed E-state index contributed by atoms with van der Waals surface area (Å²) in [5.41, 5.74) is 2.92. The van der Waals surface area contributed by atoms with E-state index in [0.29, 0.717) is 5.75 Å². The number of methoxy groups -OCH3 is 1. The molecule has 0 aliphatic rings. The Morgan fingerprint density at radius 1 is 0.946 bits per heavy atom. The second-order valence-corrected chi connectivity index (χ2v) is 10.7. The predicted molar refractivity (Wildman–Crippen MR) is 144 cm³/mol. The van der Waals surface area contributed by atoms with E-state index in [1.54, 1.807) is 43.3 Å². The van der Waals surface area contributed by atoms with Crippen molar-refractivity contribution in [2.24, 2.45) is 0 Å². The number of carbonyl (C=O) groups is 2. The standard InChI is InChI=1S/C28H33N3O5S/c1-20-11-14-23(15-12-20)18-30(22(3)28(33)29-4)27(32)19-31(25-17-21(2)13-16-26(25)36-5)37(34,35)24-9-7-6-8-10-24/h6-17,22H,18-19H2,1-5H3,(H,29,33). The molecule has 0 saturated carbocycles. The van der Waals surface area contributed by atoms with Crippen LogP contribution in [0.3, 0.4) is 0 Å². The van der Waals surface area contributed by atoms with Crippen LogP contribution in [0.25, 0.3) is 0 Å². The van der Waals surface area contributed by atoms with Gasteiger partial charge in [0.05, 0.1) is 17.7 Å². The van der Waals surface area contributed by atoms with Gasteiger partial charge in [-0.1, -0.05) is 54.1 Å². The number of hydrogen-bond acceptors (Lipinski definition) is 5. The van der Waals surface area contributed by atoms with Gasteiger partial charge < -0.3 is 15.0 Å². The van der Waals surface area contributed by atoms with E-state index < -0.39 is 28.5 Å². The highest BCUT2D eigenvalue weighted by molar-refractivity contribution is 7.92. The molecule has 3 rings (SSSR count). The van der Waals surface area contributed by atoms with Crippen LogP contribution in [0.4, 0.5) is 5.69 Å². The number of aryl methyl sites for hydroxylation is 2. The fourth-order valence-corrected chi connectivity index (χ4v) is 5.35. The maximum absolute atomic E-state index is 13.8. The van der Waals surface area contributed by atoms with Crippen molar-refractivity contribution in [3.05, 3.63) is 89.5 Å². The van der Waals surface area contributed by atoms with Crippen molar-refractivity contribution >= 4 is 27.5 Å². The van der Waals surface area contributed by atoms with Gasteiger partial charge in [0.1, 0.15) is 18.3 Å². The molecule has 0 spiro atoms. The summed E-state index contributed by atoms with van der Waals surface area (Å²) in [5.74, 6) is -0.576. The molecule has 3 aromatic carbocycles. The molecular weight excluding hydrogens is 490 g/mol. The van der Waals surface area contributed by atoms with Gasteiger partial charge in [-0.05, 0) is 56.2 Å². The first-order chi connectivity index (χ1) is 17.6. The molecule has 196 valence electrons. The van der Waals surface area contributed by atoms with E-state index in [1.165, 1.54) is 31.2 Å². The molecule has 0 fully saturated rings. The van der Waals surface area contributed by atoms with Gasteiger partial charge in [0.25, 0.3) is 10.0 Å². The second kappa shape index (κ2) is 11.9. The van der Waals surface area contributed by atoms with Gasteiger partial charge in [-0.3, -0.25) is 13.9 Å². The van der Waals surface area contributed by atoms with Gasteiger partial charge in [0, 0.05) is 13.6 Å². The van der Waals surface area contributed by atoms with Gasteiger partial charge in [-0.25, -0.2) is 8.42 Å². The Morgan fingerprint density at radius 2 is 1.57 bits per heavy atom. The summed E-state index contributed by atoms with van der Waals surface area (Å²) >= 11 is 0. The smallest absolute Gasteiger partial charge is 0.264 e. The second-order valence-electron chi connectivity index (χ2n) is 8.80. The summed E-state index contributed by atoms with van der Waals surface area (Å²) < 4.78 is 34.2. The van der Waals surface area contributed by atoms with Gasteiger partial charge in [0.15, 0.2) is 0 Å². The SMILES string of the molecule is CNC(=O)C(C)N(Cc1ccc(C)cc1)C(=O)CN(c1cc(C)ccc1OC)S(=O)(=O)c1ccccc1. The Kier molecular flexibility index (Phi) is 8.94. The summed E-state index contributed by atoms with van der Waals surface area (Å²) in [6, 6.07) is 19.8. The van der Waals surface area contributed by atoms with Crippen LogP contribution in [-0.2, 0) is 26.2 Å². The lowest BCUT2D eigenvalue weighted by Crippen LogP contribution is -2.50. The van der Waals surface area contributed by atoms with Gasteiger partial charge in [-0.15, -0.1) is 0 Å². The van der Waals surface area contributed by atoms with Crippen molar-refractivity contribution in [3.8, 4) is 5.75 Å². The largest absolute Gasteiger partial charge is 0.495 e. The zero-order chi connectivity index (χ0) is 27.2. The van der Waals surface area contributed by atoms with Crippen LogP contribution in [0.15, 0.2) is 77.7 Å². The fraction of sp³-hybridized carbons (Fsp3) is 0.286. The lowest BCUT2D eigenvalue weighted by Gasteiger charge is -2.32. The minimum absolute atomic E-state index is 0.0378. The molecule has 0 saturated heterocycles. The number of ether oxygens (including phenoxy) is 1. The monoisotopic (exact) mass is 523 g/mol. The van der Waals surface area contributed by atoms with E-state index in [1.807, 2.05) is 38.1 Å². The Balaban J connectivity index is 2.09.